The maximum atomic E-state index is 13.4. The van der Waals surface area contributed by atoms with Gasteiger partial charge < -0.3 is 28.4 Å². The highest BCUT2D eigenvalue weighted by Crippen LogP contribution is 2.46. The molecule has 0 amide bonds. The zero-order valence-corrected chi connectivity index (χ0v) is 47.4. The molecule has 6 aromatic rings. The summed E-state index contributed by atoms with van der Waals surface area (Å²) in [6.45, 7) is 36.7. The minimum atomic E-state index is -0.695. The predicted octanol–water partition coefficient (Wildman–Crippen LogP) is 13.7. The molecule has 80 heavy (non-hydrogen) atoms. The molecule has 12 nitrogen and oxygen atoms in total. The van der Waals surface area contributed by atoms with E-state index < -0.39 is 47.7 Å². The van der Waals surface area contributed by atoms with E-state index in [0.717, 1.165) is 79.9 Å². The molecular formula is C68H66O12. The summed E-state index contributed by atoms with van der Waals surface area (Å²) in [4.78, 5) is 76.7. The third kappa shape index (κ3) is 14.0. The summed E-state index contributed by atoms with van der Waals surface area (Å²) in [7, 11) is 0. The number of aryl methyl sites for hydroxylation is 12. The third-order valence-corrected chi connectivity index (χ3v) is 13.4. The molecule has 0 aliphatic heterocycles. The average molecular weight is 1080 g/mol. The lowest BCUT2D eigenvalue weighted by atomic mass is 9.78. The van der Waals surface area contributed by atoms with Crippen LogP contribution in [0.15, 0.2) is 148 Å². The molecule has 0 aliphatic rings. The van der Waals surface area contributed by atoms with E-state index in [1.54, 1.807) is 12.1 Å². The summed E-state index contributed by atoms with van der Waals surface area (Å²) in [6, 6.07) is 22.9. The molecular weight excluding hydrogens is 1010 g/mol. The van der Waals surface area contributed by atoms with Crippen LogP contribution in [0.4, 0.5) is 0 Å². The molecule has 12 heteroatoms. The van der Waals surface area contributed by atoms with Gasteiger partial charge in [-0.1, -0.05) is 110 Å². The molecule has 2 unspecified atom stereocenters. The van der Waals surface area contributed by atoms with Gasteiger partial charge in [-0.3, -0.25) is 0 Å². The number of allylic oxidation sites excluding steroid dienone is 2. The number of esters is 6. The molecule has 0 saturated carbocycles. The largest absolute Gasteiger partial charge is 0.423 e. The van der Waals surface area contributed by atoms with Crippen molar-refractivity contribution in [1.82, 2.24) is 0 Å². The lowest BCUT2D eigenvalue weighted by Crippen LogP contribution is -2.14. The third-order valence-electron chi connectivity index (χ3n) is 13.4. The Balaban J connectivity index is 1.27. The number of benzene rings is 6. The van der Waals surface area contributed by atoms with Crippen LogP contribution in [0.2, 0.25) is 0 Å². The molecule has 0 N–H and O–H groups in total. The van der Waals surface area contributed by atoms with E-state index >= 15 is 0 Å². The van der Waals surface area contributed by atoms with Gasteiger partial charge in [-0.2, -0.15) is 0 Å². The Kier molecular flexibility index (Phi) is 19.3. The second-order valence-electron chi connectivity index (χ2n) is 19.8. The van der Waals surface area contributed by atoms with Crippen molar-refractivity contribution in [3.05, 3.63) is 248 Å². The Hall–Kier alpha value is -9.42. The van der Waals surface area contributed by atoms with Gasteiger partial charge >= 0.3 is 35.8 Å². The van der Waals surface area contributed by atoms with Gasteiger partial charge in [-0.25, -0.2) is 28.8 Å². The van der Waals surface area contributed by atoms with Gasteiger partial charge in [0.1, 0.15) is 34.5 Å². The van der Waals surface area contributed by atoms with E-state index in [0.29, 0.717) is 79.0 Å². The average Bonchev–Trinajstić information content (AvgIpc) is 3.49. The van der Waals surface area contributed by atoms with Gasteiger partial charge in [-0.15, -0.1) is 0 Å². The van der Waals surface area contributed by atoms with E-state index in [-0.39, 0.29) is 0 Å². The smallest absolute Gasteiger partial charge is 0.336 e. The van der Waals surface area contributed by atoms with E-state index in [1.807, 2.05) is 144 Å². The zero-order chi connectivity index (χ0) is 58.9. The first-order valence-electron chi connectivity index (χ1n) is 25.7. The molecule has 0 heterocycles. The summed E-state index contributed by atoms with van der Waals surface area (Å²) < 4.78 is 34.7. The van der Waals surface area contributed by atoms with Crippen LogP contribution in [0.25, 0.3) is 0 Å². The van der Waals surface area contributed by atoms with E-state index in [1.165, 1.54) is 24.3 Å². The van der Waals surface area contributed by atoms with Crippen molar-refractivity contribution in [2.75, 3.05) is 0 Å². The maximum absolute atomic E-state index is 13.4. The van der Waals surface area contributed by atoms with E-state index in [4.69, 9.17) is 28.4 Å². The van der Waals surface area contributed by atoms with E-state index in [2.05, 4.69) is 26.3 Å². The molecule has 6 aromatic carbocycles. The molecule has 0 bridgehead atoms. The van der Waals surface area contributed by atoms with Gasteiger partial charge in [0.25, 0.3) is 0 Å². The minimum Gasteiger partial charge on any atom is -0.423 e. The van der Waals surface area contributed by atoms with Crippen LogP contribution < -0.4 is 28.4 Å². The molecule has 0 spiro atoms. The fourth-order valence-corrected chi connectivity index (χ4v) is 9.95. The Bertz CT molecular complexity index is 3570. The van der Waals surface area contributed by atoms with Crippen molar-refractivity contribution in [3.63, 3.8) is 0 Å². The normalized spacial score (nSPS) is 11.8. The highest BCUT2D eigenvalue weighted by Gasteiger charge is 2.30. The van der Waals surface area contributed by atoms with Crippen molar-refractivity contribution in [2.45, 2.75) is 94.9 Å². The molecule has 0 aromatic heterocycles. The SMILES string of the molecule is C=CC(=O)Oc1cc(C)c(C(c2cc(C)c(OC(=O)/C=C/C=C/C(=O)Oc3c(C)cc(C(c4cc(C)c(OC(=O)C=C)c(C)c4)c4cc(C)cc(C)c4OC(=O)C=C)cc3C)cc2C)c2cc(C)cc(C)c2OC(=O)C=C)cc1C. The Morgan fingerprint density at radius 1 is 0.312 bits per heavy atom. The lowest BCUT2D eigenvalue weighted by Gasteiger charge is -2.27. The maximum Gasteiger partial charge on any atom is 0.336 e. The molecule has 0 aliphatic carbocycles. The topological polar surface area (TPSA) is 158 Å². The standard InChI is InChI=1S/C68H66O12/c1-17-57(69)75-55-35-39(7)51(33-41(55)9)64(54-28-38(6)26-44(12)68(54)79-60(72)20-4)52-34-42(10)56(36-40(52)8)76-61(73)23-21-22-24-62(74)80-66-47(15)31-50(32-48(66)16)63(49-29-45(13)65(46(14)30-49)77-58(70)18-2)53-27-37(5)25-43(11)67(53)78-59(71)19-3/h17-36,63-64H,1-4H2,5-16H3/b23-21+,24-22+. The van der Waals surface area contributed by atoms with Crippen LogP contribution in [0.3, 0.4) is 0 Å². The van der Waals surface area contributed by atoms with E-state index in [9.17, 15) is 28.8 Å². The van der Waals surface area contributed by atoms with Crippen molar-refractivity contribution < 1.29 is 57.2 Å². The molecule has 410 valence electrons. The van der Waals surface area contributed by atoms with Crippen LogP contribution in [0.1, 0.15) is 112 Å². The minimum absolute atomic E-state index is 0.306. The van der Waals surface area contributed by atoms with Crippen molar-refractivity contribution in [1.29, 1.82) is 0 Å². The first-order valence-corrected chi connectivity index (χ1v) is 25.7. The van der Waals surface area contributed by atoms with Crippen LogP contribution in [0, 0.1) is 83.1 Å². The number of carbonyl (C=O) groups excluding carboxylic acids is 6. The molecule has 0 saturated heterocycles. The first kappa shape index (κ1) is 59.8. The quantitative estimate of drug-likeness (QED) is 0.0249. The Morgan fingerprint density at radius 2 is 0.613 bits per heavy atom. The fourth-order valence-electron chi connectivity index (χ4n) is 9.95. The van der Waals surface area contributed by atoms with Crippen LogP contribution in [0.5, 0.6) is 34.5 Å². The van der Waals surface area contributed by atoms with Crippen molar-refractivity contribution in [2.24, 2.45) is 0 Å². The summed E-state index contributed by atoms with van der Waals surface area (Å²) in [6.07, 6.45) is 9.57. The highest BCUT2D eigenvalue weighted by molar-refractivity contribution is 5.88. The summed E-state index contributed by atoms with van der Waals surface area (Å²) in [5.41, 5.74) is 13.7. The highest BCUT2D eigenvalue weighted by atomic mass is 16.6. The Labute approximate surface area is 468 Å². The molecule has 0 fully saturated rings. The van der Waals surface area contributed by atoms with Gasteiger partial charge in [0.15, 0.2) is 0 Å². The van der Waals surface area contributed by atoms with Gasteiger partial charge in [0, 0.05) is 59.4 Å². The Morgan fingerprint density at radius 3 is 0.988 bits per heavy atom. The van der Waals surface area contributed by atoms with Crippen LogP contribution in [-0.2, 0) is 28.8 Å². The second kappa shape index (κ2) is 25.8. The number of hydrogen-bond acceptors (Lipinski definition) is 12. The molecule has 6 rings (SSSR count). The monoisotopic (exact) mass is 1070 g/mol. The van der Waals surface area contributed by atoms with Crippen molar-refractivity contribution in [3.8, 4) is 34.5 Å². The van der Waals surface area contributed by atoms with Crippen LogP contribution in [-0.4, -0.2) is 35.8 Å². The summed E-state index contributed by atoms with van der Waals surface area (Å²) >= 11 is 0. The zero-order valence-electron chi connectivity index (χ0n) is 47.4. The van der Waals surface area contributed by atoms with Crippen molar-refractivity contribution >= 4 is 35.8 Å². The number of rotatable bonds is 19. The molecule has 0 radical (unpaired) electrons. The van der Waals surface area contributed by atoms with Gasteiger partial charge in [0.05, 0.1) is 0 Å². The summed E-state index contributed by atoms with van der Waals surface area (Å²) in [5.74, 6) is -2.63. The van der Waals surface area contributed by atoms with Gasteiger partial charge in [0.2, 0.25) is 0 Å². The fraction of sp³-hybridized carbons (Fsp3) is 0.206. The lowest BCUT2D eigenvalue weighted by molar-refractivity contribution is -0.130. The summed E-state index contributed by atoms with van der Waals surface area (Å²) in [5, 5.41) is 0. The number of hydrogen-bond donors (Lipinski definition) is 0. The number of carbonyl (C=O) groups is 6. The van der Waals surface area contributed by atoms with Gasteiger partial charge in [-0.05, 0) is 173 Å². The predicted molar refractivity (Wildman–Crippen MR) is 310 cm³/mol. The number of ether oxygens (including phenoxy) is 6. The first-order chi connectivity index (χ1) is 37.9. The second-order valence-corrected chi connectivity index (χ2v) is 19.8. The van der Waals surface area contributed by atoms with Crippen LogP contribution >= 0.6 is 0 Å². The molecule has 2 atom stereocenters.